The van der Waals surface area contributed by atoms with Crippen LogP contribution >= 0.6 is 0 Å². The van der Waals surface area contributed by atoms with E-state index in [2.05, 4.69) is 80.6 Å². The molecule has 5 heteroatoms. The van der Waals surface area contributed by atoms with Gasteiger partial charge in [0, 0.05) is 22.9 Å². The second-order valence-corrected chi connectivity index (χ2v) is 8.13. The number of imidazole rings is 1. The Labute approximate surface area is 185 Å². The summed E-state index contributed by atoms with van der Waals surface area (Å²) in [6.45, 7) is 4.18. The van der Waals surface area contributed by atoms with E-state index in [-0.39, 0.29) is 0 Å². The van der Waals surface area contributed by atoms with E-state index >= 15 is 0 Å². The van der Waals surface area contributed by atoms with E-state index in [4.69, 9.17) is 15.1 Å². The summed E-state index contributed by atoms with van der Waals surface area (Å²) in [6.07, 6.45) is 2.02. The largest absolute Gasteiger partial charge is 0.417 e. The predicted molar refractivity (Wildman–Crippen MR) is 125 cm³/mol. The first kappa shape index (κ1) is 18.5. The molecule has 0 aliphatic rings. The lowest BCUT2D eigenvalue weighted by Crippen LogP contribution is -2.30. The molecule has 0 saturated heterocycles. The number of rotatable bonds is 3. The Morgan fingerprint density at radius 1 is 0.688 bits per heavy atom. The second kappa shape index (κ2) is 7.17. The maximum atomic E-state index is 4.99. The van der Waals surface area contributed by atoms with Crippen LogP contribution in [0, 0.1) is 13.8 Å². The molecule has 32 heavy (non-hydrogen) atoms. The zero-order chi connectivity index (χ0) is 21.7. The summed E-state index contributed by atoms with van der Waals surface area (Å²) in [5, 5.41) is 4.81. The number of hydrogen-bond donors (Lipinski definition) is 0. The number of benzene rings is 3. The molecular weight excluding hydrogens is 394 g/mol. The third-order valence-corrected chi connectivity index (χ3v) is 5.77. The van der Waals surface area contributed by atoms with Crippen LogP contribution in [0.25, 0.3) is 45.3 Å². The van der Waals surface area contributed by atoms with E-state index in [0.29, 0.717) is 5.78 Å². The molecule has 6 rings (SSSR count). The Morgan fingerprint density at radius 3 is 1.97 bits per heavy atom. The van der Waals surface area contributed by atoms with Crippen LogP contribution in [-0.4, -0.2) is 14.4 Å². The number of aryl methyl sites for hydroxylation is 2. The maximum Gasteiger partial charge on any atom is 0.417 e. The molecule has 0 fully saturated rings. The van der Waals surface area contributed by atoms with E-state index in [1.165, 1.54) is 11.1 Å². The van der Waals surface area contributed by atoms with Gasteiger partial charge in [0.1, 0.15) is 5.69 Å². The normalized spacial score (nSPS) is 11.4. The van der Waals surface area contributed by atoms with Crippen molar-refractivity contribution in [3.63, 3.8) is 0 Å². The zero-order valence-electron chi connectivity index (χ0n) is 17.9. The molecule has 3 heterocycles. The highest BCUT2D eigenvalue weighted by Crippen LogP contribution is 2.25. The fourth-order valence-electron chi connectivity index (χ4n) is 3.97. The molecule has 0 aliphatic carbocycles. The highest BCUT2D eigenvalue weighted by atomic mass is 15.4. The average Bonchev–Trinajstić information content (AvgIpc) is 3.39. The van der Waals surface area contributed by atoms with Crippen LogP contribution in [-0.2, 0) is 0 Å². The van der Waals surface area contributed by atoms with Gasteiger partial charge in [0.2, 0.25) is 0 Å². The lowest BCUT2D eigenvalue weighted by atomic mass is 10.1. The summed E-state index contributed by atoms with van der Waals surface area (Å²) in [4.78, 5) is 9.78. The fourth-order valence-corrected chi connectivity index (χ4v) is 3.97. The Kier molecular flexibility index (Phi) is 4.15. The van der Waals surface area contributed by atoms with Gasteiger partial charge in [0.25, 0.3) is 0 Å². The van der Waals surface area contributed by atoms with Crippen molar-refractivity contribution in [2.75, 3.05) is 0 Å². The lowest BCUT2D eigenvalue weighted by molar-refractivity contribution is -0.572. The molecule has 0 unspecified atom stereocenters. The maximum absolute atomic E-state index is 4.99. The van der Waals surface area contributed by atoms with Gasteiger partial charge in [-0.15, -0.1) is 0 Å². The van der Waals surface area contributed by atoms with Gasteiger partial charge in [-0.25, -0.2) is 0 Å². The average molecular weight is 416 g/mol. The third-order valence-electron chi connectivity index (χ3n) is 5.77. The van der Waals surface area contributed by atoms with Crippen LogP contribution in [0.5, 0.6) is 0 Å². The van der Waals surface area contributed by atoms with Gasteiger partial charge in [-0.3, -0.25) is 0 Å². The van der Waals surface area contributed by atoms with Gasteiger partial charge in [-0.2, -0.15) is 14.0 Å². The van der Waals surface area contributed by atoms with Gasteiger partial charge >= 0.3 is 5.78 Å². The minimum atomic E-state index is 0.631. The minimum absolute atomic E-state index is 0.631. The molecule has 3 aromatic heterocycles. The Morgan fingerprint density at radius 2 is 1.31 bits per heavy atom. The molecule has 0 atom stereocenters. The molecule has 0 bridgehead atoms. The molecule has 5 nitrogen and oxygen atoms in total. The SMILES string of the molecule is Cc1ccc(-c2cn3c(n2)[n-][n+]2c(-c4ccccc4)cc(-c4ccc(C)cc4)nc32)cc1. The first-order chi connectivity index (χ1) is 15.7. The minimum Gasteiger partial charge on any atom is -0.327 e. The molecule has 3 aromatic carbocycles. The molecule has 0 aliphatic heterocycles. The fraction of sp³-hybridized carbons (Fsp3) is 0.0741. The molecule has 0 amide bonds. The lowest BCUT2D eigenvalue weighted by Gasteiger charge is -2.04. The smallest absolute Gasteiger partial charge is 0.327 e. The van der Waals surface area contributed by atoms with E-state index < -0.39 is 0 Å². The highest BCUT2D eigenvalue weighted by Gasteiger charge is 2.20. The number of fused-ring (bicyclic) bond motifs is 3. The molecular formula is C27H21N5. The molecule has 154 valence electrons. The van der Waals surface area contributed by atoms with E-state index in [9.17, 15) is 0 Å². The standard InChI is InChI=1S/C27H21N5/c1-18-8-12-20(13-9-18)23-16-25(22-6-4-3-5-7-22)32-27(29-23)31-17-24(28-26(31)30-32)21-14-10-19(2)11-15-21/h3-17H,1-2H3. The van der Waals surface area contributed by atoms with Crippen molar-refractivity contribution in [2.45, 2.75) is 13.8 Å². The van der Waals surface area contributed by atoms with Crippen molar-refractivity contribution in [1.82, 2.24) is 19.5 Å². The van der Waals surface area contributed by atoms with Crippen molar-refractivity contribution < 1.29 is 4.52 Å². The zero-order valence-corrected chi connectivity index (χ0v) is 17.9. The molecule has 0 saturated carbocycles. The summed E-state index contributed by atoms with van der Waals surface area (Å²) in [5.74, 6) is 1.37. The summed E-state index contributed by atoms with van der Waals surface area (Å²) < 4.78 is 3.85. The summed E-state index contributed by atoms with van der Waals surface area (Å²) in [5.41, 5.74) is 8.44. The van der Waals surface area contributed by atoms with Gasteiger partial charge in [0.05, 0.1) is 6.20 Å². The van der Waals surface area contributed by atoms with Crippen LogP contribution in [0.1, 0.15) is 11.1 Å². The van der Waals surface area contributed by atoms with Crippen LogP contribution in [0.3, 0.4) is 0 Å². The van der Waals surface area contributed by atoms with Crippen molar-refractivity contribution in [2.24, 2.45) is 0 Å². The molecule has 0 N–H and O–H groups in total. The van der Waals surface area contributed by atoms with Crippen LogP contribution in [0.15, 0.2) is 91.1 Å². The van der Waals surface area contributed by atoms with Gasteiger partial charge in [-0.05, 0) is 19.4 Å². The monoisotopic (exact) mass is 415 g/mol. The topological polar surface area (TPSA) is 48.4 Å². The van der Waals surface area contributed by atoms with Gasteiger partial charge in [0.15, 0.2) is 11.5 Å². The highest BCUT2D eigenvalue weighted by molar-refractivity contribution is 5.69. The first-order valence-electron chi connectivity index (χ1n) is 10.6. The van der Waals surface area contributed by atoms with E-state index in [0.717, 1.165) is 39.5 Å². The molecule has 0 radical (unpaired) electrons. The van der Waals surface area contributed by atoms with Crippen LogP contribution < -0.4 is 9.61 Å². The van der Waals surface area contributed by atoms with Gasteiger partial charge < -0.3 is 4.98 Å². The van der Waals surface area contributed by atoms with Crippen molar-refractivity contribution >= 4 is 11.6 Å². The third kappa shape index (κ3) is 3.06. The Hall–Kier alpha value is -4.25. The van der Waals surface area contributed by atoms with E-state index in [1.54, 1.807) is 0 Å². The Balaban J connectivity index is 1.61. The number of nitrogens with zero attached hydrogens (tertiary/aromatic N) is 5. The summed E-state index contributed by atoms with van der Waals surface area (Å²) >= 11 is 0. The second-order valence-electron chi connectivity index (χ2n) is 8.13. The predicted octanol–water partition coefficient (Wildman–Crippen LogP) is 5.04. The summed E-state index contributed by atoms with van der Waals surface area (Å²) in [6, 6.07) is 29.2. The summed E-state index contributed by atoms with van der Waals surface area (Å²) in [7, 11) is 0. The molecule has 0 spiro atoms. The van der Waals surface area contributed by atoms with Gasteiger partial charge in [-0.1, -0.05) is 95.0 Å². The van der Waals surface area contributed by atoms with Crippen molar-refractivity contribution in [3.8, 4) is 33.8 Å². The molecule has 6 aromatic rings. The number of hydrogen-bond acceptors (Lipinski definition) is 2. The van der Waals surface area contributed by atoms with E-state index in [1.807, 2.05) is 33.3 Å². The first-order valence-corrected chi connectivity index (χ1v) is 10.6. The van der Waals surface area contributed by atoms with Crippen molar-refractivity contribution in [1.29, 1.82) is 0 Å². The van der Waals surface area contributed by atoms with Crippen molar-refractivity contribution in [3.05, 3.63) is 102 Å². The van der Waals surface area contributed by atoms with Crippen LogP contribution in [0.4, 0.5) is 0 Å². The Bertz CT molecular complexity index is 1560. The van der Waals surface area contributed by atoms with Crippen LogP contribution in [0.2, 0.25) is 0 Å². The number of aromatic nitrogens is 5. The quantitative estimate of drug-likeness (QED) is 0.380.